The van der Waals surface area contributed by atoms with E-state index in [1.807, 2.05) is 0 Å². The van der Waals surface area contributed by atoms with Gasteiger partial charge >= 0.3 is 5.97 Å². The predicted molar refractivity (Wildman–Crippen MR) is 264 cm³/mol. The van der Waals surface area contributed by atoms with Gasteiger partial charge < -0.3 is 20.3 Å². The molecule has 0 saturated carbocycles. The summed E-state index contributed by atoms with van der Waals surface area (Å²) in [6.07, 6.45) is 61.1. The molecule has 0 aromatic rings. The van der Waals surface area contributed by atoms with Gasteiger partial charge in [0.25, 0.3) is 0 Å². The Balaban J connectivity index is 4.71. The summed E-state index contributed by atoms with van der Waals surface area (Å²) in [6, 6.07) is -0.719. The van der Waals surface area contributed by atoms with Crippen LogP contribution in [0.2, 0.25) is 0 Å². The Morgan fingerprint density at radius 1 is 0.492 bits per heavy atom. The summed E-state index contributed by atoms with van der Waals surface area (Å²) in [4.78, 5) is 26.1. The van der Waals surface area contributed by atoms with Gasteiger partial charge in [-0.2, -0.15) is 0 Å². The van der Waals surface area contributed by atoms with E-state index >= 15 is 0 Å². The largest absolute Gasteiger partial charge is 0.462 e. The van der Waals surface area contributed by atoms with Crippen molar-refractivity contribution in [1.29, 1.82) is 0 Å². The van der Waals surface area contributed by atoms with Gasteiger partial charge in [0.15, 0.2) is 0 Å². The second kappa shape index (κ2) is 48.3. The fourth-order valence-corrected chi connectivity index (χ4v) is 7.40. The van der Waals surface area contributed by atoms with E-state index < -0.39 is 18.2 Å². The van der Waals surface area contributed by atoms with Crippen molar-refractivity contribution in [2.45, 2.75) is 257 Å². The Bertz CT molecular complexity index is 1140. The average Bonchev–Trinajstić information content (AvgIpc) is 3.25. The van der Waals surface area contributed by atoms with Crippen LogP contribution < -0.4 is 5.32 Å². The molecule has 352 valence electrons. The normalized spacial score (nSPS) is 13.9. The van der Waals surface area contributed by atoms with Crippen LogP contribution in [-0.2, 0) is 14.3 Å². The minimum Gasteiger partial charge on any atom is -0.462 e. The van der Waals surface area contributed by atoms with Gasteiger partial charge in [0.05, 0.1) is 25.2 Å². The molecule has 3 unspecified atom stereocenters. The molecule has 6 heteroatoms. The summed E-state index contributed by atoms with van der Waals surface area (Å²) < 4.78 is 5.90. The summed E-state index contributed by atoms with van der Waals surface area (Å²) >= 11 is 0. The second-order valence-corrected chi connectivity index (χ2v) is 17.2. The maximum atomic E-state index is 13.2. The van der Waals surface area contributed by atoms with E-state index in [1.54, 1.807) is 0 Å². The molecule has 0 aliphatic heterocycles. The minimum absolute atomic E-state index is 0.0422. The number of hydrogen-bond acceptors (Lipinski definition) is 5. The van der Waals surface area contributed by atoms with Crippen LogP contribution in [-0.4, -0.2) is 46.9 Å². The maximum Gasteiger partial charge on any atom is 0.306 e. The molecule has 6 nitrogen and oxygen atoms in total. The average molecular weight is 852 g/mol. The fourth-order valence-electron chi connectivity index (χ4n) is 7.40. The lowest BCUT2D eigenvalue weighted by molar-refractivity contribution is -0.151. The third-order valence-corrected chi connectivity index (χ3v) is 11.3. The molecule has 3 atom stereocenters. The molecule has 0 aliphatic carbocycles. The zero-order chi connectivity index (χ0) is 44.5. The topological polar surface area (TPSA) is 95.9 Å². The third kappa shape index (κ3) is 43.7. The standard InChI is InChI=1S/C55H97NO5/c1-4-7-10-13-16-19-22-24-26-27-28-30-33-36-39-42-45-48-55(60)61-51(46-43-40-37-34-32-29-25-23-20-17-14-11-8-5-2)49-54(59)56-52(50-57)53(58)47-44-41-38-35-31-21-18-15-12-9-6-3/h7,10,16,19,24,26,28-30,32,36,39,51-53,57-58H,4-6,8-9,11-15,17-18,20-23,25,27,31,33-35,37-38,40-50H2,1-3H3,(H,56,59)/b10-7-,19-16-,26-24-,30-28-,32-29+,39-36-. The SMILES string of the molecule is CC/C=C\C/C=C\C/C=C\C/C=C\C/C=C\CCCC(=O)OC(CCCCC/C=C/CCCCCCCCC)CC(=O)NC(CO)C(O)CCCCCCCCCCCCC. The van der Waals surface area contributed by atoms with Gasteiger partial charge in [-0.1, -0.05) is 209 Å². The number of carbonyl (C=O) groups excluding carboxylic acids is 2. The molecule has 0 heterocycles. The Morgan fingerprint density at radius 3 is 1.38 bits per heavy atom. The molecular weight excluding hydrogens is 755 g/mol. The first-order chi connectivity index (χ1) is 30.0. The fraction of sp³-hybridized carbons (Fsp3) is 0.745. The van der Waals surface area contributed by atoms with Crippen molar-refractivity contribution in [3.05, 3.63) is 72.9 Å². The lowest BCUT2D eigenvalue weighted by Gasteiger charge is -2.24. The predicted octanol–water partition coefficient (Wildman–Crippen LogP) is 15.4. The van der Waals surface area contributed by atoms with Gasteiger partial charge in [0.2, 0.25) is 5.91 Å². The first-order valence-corrected chi connectivity index (χ1v) is 25.7. The highest BCUT2D eigenvalue weighted by atomic mass is 16.5. The zero-order valence-electron chi connectivity index (χ0n) is 40.0. The van der Waals surface area contributed by atoms with Crippen LogP contribution in [0.4, 0.5) is 0 Å². The summed E-state index contributed by atoms with van der Waals surface area (Å²) in [5.74, 6) is -0.560. The van der Waals surface area contributed by atoms with Crippen molar-refractivity contribution in [1.82, 2.24) is 5.32 Å². The Kier molecular flexibility index (Phi) is 46.2. The summed E-state index contributed by atoms with van der Waals surface area (Å²) in [5.41, 5.74) is 0. The number of aliphatic hydroxyl groups is 2. The van der Waals surface area contributed by atoms with E-state index in [1.165, 1.54) is 96.3 Å². The minimum atomic E-state index is -0.802. The molecular formula is C55H97NO5. The van der Waals surface area contributed by atoms with Crippen molar-refractivity contribution in [2.24, 2.45) is 0 Å². The van der Waals surface area contributed by atoms with E-state index in [4.69, 9.17) is 4.74 Å². The molecule has 0 spiro atoms. The van der Waals surface area contributed by atoms with Crippen LogP contribution in [0.15, 0.2) is 72.9 Å². The van der Waals surface area contributed by atoms with Crippen LogP contribution in [0.25, 0.3) is 0 Å². The molecule has 3 N–H and O–H groups in total. The maximum absolute atomic E-state index is 13.2. The van der Waals surface area contributed by atoms with Crippen LogP contribution in [0.3, 0.4) is 0 Å². The molecule has 0 aromatic heterocycles. The number of esters is 1. The number of unbranched alkanes of at least 4 members (excludes halogenated alkanes) is 21. The molecule has 0 rings (SSSR count). The summed E-state index contributed by atoms with van der Waals surface area (Å²) in [7, 11) is 0. The van der Waals surface area contributed by atoms with Crippen molar-refractivity contribution in [2.75, 3.05) is 6.61 Å². The molecule has 0 fully saturated rings. The quantitative estimate of drug-likeness (QED) is 0.0322. The molecule has 0 aliphatic rings. The molecule has 1 amide bonds. The number of carbonyl (C=O) groups is 2. The van der Waals surface area contributed by atoms with Gasteiger partial charge in [-0.05, 0) is 89.9 Å². The smallest absolute Gasteiger partial charge is 0.306 e. The highest BCUT2D eigenvalue weighted by molar-refractivity contribution is 5.77. The number of rotatable bonds is 45. The van der Waals surface area contributed by atoms with Crippen molar-refractivity contribution >= 4 is 11.9 Å². The van der Waals surface area contributed by atoms with E-state index in [9.17, 15) is 19.8 Å². The highest BCUT2D eigenvalue weighted by Crippen LogP contribution is 2.17. The van der Waals surface area contributed by atoms with E-state index in [0.717, 1.165) is 89.9 Å². The first-order valence-electron chi connectivity index (χ1n) is 25.7. The van der Waals surface area contributed by atoms with Gasteiger partial charge in [-0.25, -0.2) is 0 Å². The van der Waals surface area contributed by atoms with Crippen molar-refractivity contribution in [3.63, 3.8) is 0 Å². The van der Waals surface area contributed by atoms with Gasteiger partial charge in [-0.3, -0.25) is 9.59 Å². The molecule has 0 radical (unpaired) electrons. The molecule has 61 heavy (non-hydrogen) atoms. The molecule has 0 aromatic carbocycles. The van der Waals surface area contributed by atoms with Crippen LogP contribution in [0.5, 0.6) is 0 Å². The van der Waals surface area contributed by atoms with Crippen molar-refractivity contribution in [3.8, 4) is 0 Å². The molecule has 0 saturated heterocycles. The number of hydrogen-bond donors (Lipinski definition) is 3. The number of nitrogens with one attached hydrogen (secondary N) is 1. The number of amides is 1. The second-order valence-electron chi connectivity index (χ2n) is 17.2. The number of allylic oxidation sites excluding steroid dienone is 12. The van der Waals surface area contributed by atoms with Crippen molar-refractivity contribution < 1.29 is 24.5 Å². The third-order valence-electron chi connectivity index (χ3n) is 11.3. The highest BCUT2D eigenvalue weighted by Gasteiger charge is 2.24. The van der Waals surface area contributed by atoms with E-state index in [-0.39, 0.29) is 24.9 Å². The summed E-state index contributed by atoms with van der Waals surface area (Å²) in [5, 5.41) is 23.7. The lowest BCUT2D eigenvalue weighted by atomic mass is 10.0. The van der Waals surface area contributed by atoms with Gasteiger partial charge in [-0.15, -0.1) is 0 Å². The van der Waals surface area contributed by atoms with Crippen LogP contribution >= 0.6 is 0 Å². The van der Waals surface area contributed by atoms with Gasteiger partial charge in [0.1, 0.15) is 6.10 Å². The Morgan fingerprint density at radius 2 is 0.885 bits per heavy atom. The van der Waals surface area contributed by atoms with E-state index in [0.29, 0.717) is 25.7 Å². The monoisotopic (exact) mass is 852 g/mol. The Labute approximate surface area is 377 Å². The van der Waals surface area contributed by atoms with Gasteiger partial charge in [0, 0.05) is 6.42 Å². The Hall–Kier alpha value is -2.70. The zero-order valence-corrected chi connectivity index (χ0v) is 40.0. The number of ether oxygens (including phenoxy) is 1. The molecule has 0 bridgehead atoms. The lowest BCUT2D eigenvalue weighted by Crippen LogP contribution is -2.46. The summed E-state index contributed by atoms with van der Waals surface area (Å²) in [6.45, 7) is 6.34. The first kappa shape index (κ1) is 58.3. The van der Waals surface area contributed by atoms with Crippen LogP contribution in [0, 0.1) is 0 Å². The number of aliphatic hydroxyl groups excluding tert-OH is 2. The van der Waals surface area contributed by atoms with Crippen LogP contribution in [0.1, 0.15) is 239 Å². The van der Waals surface area contributed by atoms with E-state index in [2.05, 4.69) is 99.0 Å².